The van der Waals surface area contributed by atoms with Gasteiger partial charge in [-0.25, -0.2) is 0 Å². The molecule has 26 heavy (non-hydrogen) atoms. The standard InChI is InChI=1S/C19H27N5OS/c1-3-12-24-18(15-8-10-20-11-9-15)22-23-19(24)26-13-17(25)21-16-7-5-4-6-14(16)2/h8-11,14,16H,3-7,12-13H2,1-2H3,(H,21,25)/t14-,16+/m1/s1. The van der Waals surface area contributed by atoms with Gasteiger partial charge in [0.1, 0.15) is 0 Å². The van der Waals surface area contributed by atoms with E-state index in [1.807, 2.05) is 12.1 Å². The number of carbonyl (C=O) groups excluding carboxylic acids is 1. The van der Waals surface area contributed by atoms with E-state index in [9.17, 15) is 4.79 Å². The van der Waals surface area contributed by atoms with Gasteiger partial charge in [-0.1, -0.05) is 38.5 Å². The summed E-state index contributed by atoms with van der Waals surface area (Å²) < 4.78 is 2.09. The minimum Gasteiger partial charge on any atom is -0.352 e. The molecule has 3 rings (SSSR count). The van der Waals surface area contributed by atoms with Gasteiger partial charge in [0.25, 0.3) is 0 Å². The highest BCUT2D eigenvalue weighted by Gasteiger charge is 2.23. The first-order valence-corrected chi connectivity index (χ1v) is 10.4. The molecule has 0 aromatic carbocycles. The molecule has 2 heterocycles. The summed E-state index contributed by atoms with van der Waals surface area (Å²) in [4.78, 5) is 16.4. The van der Waals surface area contributed by atoms with E-state index in [1.165, 1.54) is 31.0 Å². The molecule has 1 fully saturated rings. The number of hydrogen-bond acceptors (Lipinski definition) is 5. The molecular formula is C19H27N5OS. The molecular weight excluding hydrogens is 346 g/mol. The molecule has 0 radical (unpaired) electrons. The Morgan fingerprint density at radius 1 is 1.27 bits per heavy atom. The van der Waals surface area contributed by atoms with Crippen molar-refractivity contribution in [2.45, 2.75) is 63.7 Å². The van der Waals surface area contributed by atoms with Crippen LogP contribution in [0.1, 0.15) is 46.0 Å². The predicted molar refractivity (Wildman–Crippen MR) is 104 cm³/mol. The van der Waals surface area contributed by atoms with Gasteiger partial charge < -0.3 is 9.88 Å². The Morgan fingerprint density at radius 3 is 2.77 bits per heavy atom. The number of amides is 1. The van der Waals surface area contributed by atoms with E-state index in [2.05, 4.69) is 38.9 Å². The number of nitrogens with one attached hydrogen (secondary N) is 1. The van der Waals surface area contributed by atoms with E-state index < -0.39 is 0 Å². The van der Waals surface area contributed by atoms with Crippen LogP contribution in [0.25, 0.3) is 11.4 Å². The van der Waals surface area contributed by atoms with Crippen LogP contribution < -0.4 is 5.32 Å². The van der Waals surface area contributed by atoms with E-state index in [4.69, 9.17) is 0 Å². The first kappa shape index (κ1) is 18.9. The molecule has 6 nitrogen and oxygen atoms in total. The van der Waals surface area contributed by atoms with Gasteiger partial charge in [-0.15, -0.1) is 10.2 Å². The highest BCUT2D eigenvalue weighted by atomic mass is 32.2. The molecule has 0 aliphatic heterocycles. The predicted octanol–water partition coefficient (Wildman–Crippen LogP) is 3.54. The smallest absolute Gasteiger partial charge is 0.230 e. The van der Waals surface area contributed by atoms with Crippen molar-refractivity contribution in [2.24, 2.45) is 5.92 Å². The van der Waals surface area contributed by atoms with Crippen LogP contribution in [0, 0.1) is 5.92 Å². The number of aromatic nitrogens is 4. The molecule has 0 bridgehead atoms. The summed E-state index contributed by atoms with van der Waals surface area (Å²) in [6.07, 6.45) is 9.28. The van der Waals surface area contributed by atoms with Crippen LogP contribution >= 0.6 is 11.8 Å². The molecule has 2 aromatic heterocycles. The molecule has 2 atom stereocenters. The molecule has 1 amide bonds. The molecule has 1 N–H and O–H groups in total. The second-order valence-electron chi connectivity index (χ2n) is 6.92. The lowest BCUT2D eigenvalue weighted by Crippen LogP contribution is -2.41. The number of nitrogens with zero attached hydrogens (tertiary/aromatic N) is 4. The average molecular weight is 374 g/mol. The van der Waals surface area contributed by atoms with Gasteiger partial charge in [0.2, 0.25) is 5.91 Å². The highest BCUT2D eigenvalue weighted by molar-refractivity contribution is 7.99. The van der Waals surface area contributed by atoms with Crippen molar-refractivity contribution in [3.63, 3.8) is 0 Å². The fraction of sp³-hybridized carbons (Fsp3) is 0.579. The first-order valence-electron chi connectivity index (χ1n) is 9.44. The zero-order valence-electron chi connectivity index (χ0n) is 15.5. The van der Waals surface area contributed by atoms with Gasteiger partial charge in [-0.05, 0) is 37.3 Å². The maximum absolute atomic E-state index is 12.4. The normalized spacial score (nSPS) is 20.1. The summed E-state index contributed by atoms with van der Waals surface area (Å²) >= 11 is 1.46. The van der Waals surface area contributed by atoms with E-state index in [1.54, 1.807) is 12.4 Å². The summed E-state index contributed by atoms with van der Waals surface area (Å²) in [6.45, 7) is 5.19. The van der Waals surface area contributed by atoms with Crippen LogP contribution in [-0.4, -0.2) is 37.5 Å². The molecule has 0 unspecified atom stereocenters. The maximum atomic E-state index is 12.4. The third kappa shape index (κ3) is 4.63. The Hall–Kier alpha value is -1.89. The summed E-state index contributed by atoms with van der Waals surface area (Å²) in [5.74, 6) is 1.87. The Labute approximate surface area is 159 Å². The Kier molecular flexibility index (Phi) is 6.66. The Bertz CT molecular complexity index is 718. The van der Waals surface area contributed by atoms with Gasteiger partial charge in [0.15, 0.2) is 11.0 Å². The van der Waals surface area contributed by atoms with Crippen LogP contribution in [0.5, 0.6) is 0 Å². The lowest BCUT2D eigenvalue weighted by molar-refractivity contribution is -0.119. The Morgan fingerprint density at radius 2 is 2.04 bits per heavy atom. The average Bonchev–Trinajstić information content (AvgIpc) is 3.06. The zero-order chi connectivity index (χ0) is 18.4. The SMILES string of the molecule is CCCn1c(SCC(=O)N[C@H]2CCCC[C@H]2C)nnc1-c1ccncc1. The van der Waals surface area contributed by atoms with Gasteiger partial charge in [-0.2, -0.15) is 0 Å². The summed E-state index contributed by atoms with van der Waals surface area (Å²) in [7, 11) is 0. The molecule has 2 aromatic rings. The van der Waals surface area contributed by atoms with E-state index in [0.717, 1.165) is 35.9 Å². The number of hydrogen-bond donors (Lipinski definition) is 1. The van der Waals surface area contributed by atoms with Crippen molar-refractivity contribution >= 4 is 17.7 Å². The van der Waals surface area contributed by atoms with Crippen LogP contribution in [0.15, 0.2) is 29.7 Å². The summed E-state index contributed by atoms with van der Waals surface area (Å²) in [6, 6.07) is 4.18. The second kappa shape index (κ2) is 9.16. The van der Waals surface area contributed by atoms with Gasteiger partial charge >= 0.3 is 0 Å². The fourth-order valence-electron chi connectivity index (χ4n) is 3.44. The third-order valence-corrected chi connectivity index (χ3v) is 5.86. The van der Waals surface area contributed by atoms with E-state index in [-0.39, 0.29) is 5.91 Å². The van der Waals surface area contributed by atoms with Crippen molar-refractivity contribution in [2.75, 3.05) is 5.75 Å². The second-order valence-corrected chi connectivity index (χ2v) is 7.86. The van der Waals surface area contributed by atoms with Crippen molar-refractivity contribution in [1.82, 2.24) is 25.1 Å². The minimum atomic E-state index is 0.0882. The van der Waals surface area contributed by atoms with Crippen molar-refractivity contribution < 1.29 is 4.79 Å². The fourth-order valence-corrected chi connectivity index (χ4v) is 4.22. The molecule has 0 saturated heterocycles. The van der Waals surface area contributed by atoms with Crippen molar-refractivity contribution in [3.05, 3.63) is 24.5 Å². The summed E-state index contributed by atoms with van der Waals surface area (Å²) in [5.41, 5.74) is 0.994. The zero-order valence-corrected chi connectivity index (χ0v) is 16.3. The Balaban J connectivity index is 1.64. The highest BCUT2D eigenvalue weighted by Crippen LogP contribution is 2.25. The number of carbonyl (C=O) groups is 1. The van der Waals surface area contributed by atoms with Crippen LogP contribution in [0.4, 0.5) is 0 Å². The number of thioether (sulfide) groups is 1. The summed E-state index contributed by atoms with van der Waals surface area (Å²) in [5, 5.41) is 12.7. The van der Waals surface area contributed by atoms with Gasteiger partial charge in [0.05, 0.1) is 5.75 Å². The molecule has 0 spiro atoms. The minimum absolute atomic E-state index is 0.0882. The van der Waals surface area contributed by atoms with Crippen LogP contribution in [0.2, 0.25) is 0 Å². The number of pyridine rings is 1. The third-order valence-electron chi connectivity index (χ3n) is 4.89. The van der Waals surface area contributed by atoms with E-state index >= 15 is 0 Å². The first-order chi connectivity index (χ1) is 12.7. The molecule has 1 saturated carbocycles. The van der Waals surface area contributed by atoms with Gasteiger partial charge in [0, 0.05) is 30.5 Å². The van der Waals surface area contributed by atoms with Crippen LogP contribution in [0.3, 0.4) is 0 Å². The van der Waals surface area contributed by atoms with Crippen molar-refractivity contribution in [1.29, 1.82) is 0 Å². The monoisotopic (exact) mass is 373 g/mol. The van der Waals surface area contributed by atoms with E-state index in [0.29, 0.717) is 17.7 Å². The van der Waals surface area contributed by atoms with Gasteiger partial charge in [-0.3, -0.25) is 9.78 Å². The quantitative estimate of drug-likeness (QED) is 0.752. The number of rotatable bonds is 7. The van der Waals surface area contributed by atoms with Crippen LogP contribution in [-0.2, 0) is 11.3 Å². The topological polar surface area (TPSA) is 72.7 Å². The molecule has 1 aliphatic carbocycles. The molecule has 7 heteroatoms. The largest absolute Gasteiger partial charge is 0.352 e. The van der Waals surface area contributed by atoms with Crippen molar-refractivity contribution in [3.8, 4) is 11.4 Å². The maximum Gasteiger partial charge on any atom is 0.230 e. The molecule has 140 valence electrons. The molecule has 1 aliphatic rings. The lowest BCUT2D eigenvalue weighted by Gasteiger charge is -2.29. The lowest BCUT2D eigenvalue weighted by atomic mass is 9.86.